The van der Waals surface area contributed by atoms with E-state index >= 15 is 0 Å². The smallest absolute Gasteiger partial charge is 0.231 e. The van der Waals surface area contributed by atoms with Gasteiger partial charge >= 0.3 is 0 Å². The summed E-state index contributed by atoms with van der Waals surface area (Å²) in [6, 6.07) is 8.12. The van der Waals surface area contributed by atoms with Crippen LogP contribution in [-0.4, -0.2) is 20.4 Å². The van der Waals surface area contributed by atoms with E-state index < -0.39 is 0 Å². The highest BCUT2D eigenvalue weighted by Gasteiger charge is 2.10. The molecule has 0 aliphatic heterocycles. The molecule has 3 aromatic rings. The number of carbonyl (C=O) groups is 1. The monoisotopic (exact) mass is 326 g/mol. The number of amides is 1. The largest absolute Gasteiger partial charge is 0.328 e. The van der Waals surface area contributed by atoms with E-state index in [2.05, 4.69) is 26.8 Å². The average molecular weight is 326 g/mol. The summed E-state index contributed by atoms with van der Waals surface area (Å²) in [5, 5.41) is 5.60. The van der Waals surface area contributed by atoms with Crippen molar-refractivity contribution in [3.05, 3.63) is 64.6 Å². The van der Waals surface area contributed by atoms with E-state index in [9.17, 15) is 4.79 Å². The predicted molar refractivity (Wildman–Crippen MR) is 91.7 cm³/mol. The molecule has 1 aromatic carbocycles. The van der Waals surface area contributed by atoms with Gasteiger partial charge < -0.3 is 9.88 Å². The highest BCUT2D eigenvalue weighted by Crippen LogP contribution is 2.21. The second-order valence-corrected chi connectivity index (χ2v) is 6.31. The lowest BCUT2D eigenvalue weighted by Gasteiger charge is -2.16. The van der Waals surface area contributed by atoms with E-state index in [4.69, 9.17) is 0 Å². The molecule has 118 valence electrons. The molecule has 0 fully saturated rings. The fraction of sp³-hybridized carbons (Fsp3) is 0.235. The number of rotatable bonds is 5. The van der Waals surface area contributed by atoms with Crippen molar-refractivity contribution < 1.29 is 4.79 Å². The molecule has 0 spiro atoms. The summed E-state index contributed by atoms with van der Waals surface area (Å²) in [5.74, 6) is 0.935. The normalized spacial score (nSPS) is 12.1. The van der Waals surface area contributed by atoms with Gasteiger partial charge in [0, 0.05) is 29.7 Å². The first kappa shape index (κ1) is 15.4. The fourth-order valence-electron chi connectivity index (χ4n) is 2.49. The number of thiazole rings is 1. The Bertz CT molecular complexity index is 777. The molecule has 0 bridgehead atoms. The van der Waals surface area contributed by atoms with Crippen LogP contribution in [0.1, 0.15) is 29.4 Å². The third-order valence-electron chi connectivity index (χ3n) is 3.75. The van der Waals surface area contributed by atoms with Gasteiger partial charge in [-0.25, -0.2) is 9.97 Å². The molecule has 2 aromatic heterocycles. The van der Waals surface area contributed by atoms with Gasteiger partial charge in [-0.2, -0.15) is 0 Å². The SMILES string of the molecule is Cc1nccn1[C@H](C)c1ccc(NC(=O)Cc2nccs2)cc1. The minimum atomic E-state index is -0.0498. The van der Waals surface area contributed by atoms with Crippen LogP contribution < -0.4 is 5.32 Å². The molecular formula is C17H18N4OS. The van der Waals surface area contributed by atoms with Gasteiger partial charge in [0.05, 0.1) is 12.5 Å². The van der Waals surface area contributed by atoms with Gasteiger partial charge in [0.2, 0.25) is 5.91 Å². The fourth-order valence-corrected chi connectivity index (χ4v) is 3.10. The molecule has 1 atom stereocenters. The maximum absolute atomic E-state index is 12.0. The van der Waals surface area contributed by atoms with Crippen molar-refractivity contribution in [3.63, 3.8) is 0 Å². The van der Waals surface area contributed by atoms with Crippen molar-refractivity contribution in [3.8, 4) is 0 Å². The van der Waals surface area contributed by atoms with Gasteiger partial charge in [0.25, 0.3) is 0 Å². The number of imidazole rings is 1. The Morgan fingerprint density at radius 3 is 2.65 bits per heavy atom. The van der Waals surface area contributed by atoms with Crippen molar-refractivity contribution in [2.45, 2.75) is 26.3 Å². The topological polar surface area (TPSA) is 59.8 Å². The second-order valence-electron chi connectivity index (χ2n) is 5.33. The zero-order chi connectivity index (χ0) is 16.2. The van der Waals surface area contributed by atoms with Gasteiger partial charge in [0.15, 0.2) is 0 Å². The number of nitrogens with one attached hydrogen (secondary N) is 1. The first-order chi connectivity index (χ1) is 11.1. The number of aromatic nitrogens is 3. The molecule has 5 nitrogen and oxygen atoms in total. The molecule has 0 aliphatic carbocycles. The van der Waals surface area contributed by atoms with Crippen molar-refractivity contribution in [1.82, 2.24) is 14.5 Å². The Labute approximate surface area is 139 Å². The highest BCUT2D eigenvalue weighted by molar-refractivity contribution is 7.09. The Morgan fingerprint density at radius 1 is 1.26 bits per heavy atom. The van der Waals surface area contributed by atoms with Crippen molar-refractivity contribution >= 4 is 22.9 Å². The molecule has 2 heterocycles. The highest BCUT2D eigenvalue weighted by atomic mass is 32.1. The average Bonchev–Trinajstić information content (AvgIpc) is 3.19. The summed E-state index contributed by atoms with van der Waals surface area (Å²) in [6.45, 7) is 4.12. The summed E-state index contributed by atoms with van der Waals surface area (Å²) in [7, 11) is 0. The lowest BCUT2D eigenvalue weighted by molar-refractivity contribution is -0.115. The van der Waals surface area contributed by atoms with Crippen LogP contribution >= 0.6 is 11.3 Å². The van der Waals surface area contributed by atoms with Gasteiger partial charge in [-0.3, -0.25) is 4.79 Å². The lowest BCUT2D eigenvalue weighted by atomic mass is 10.1. The van der Waals surface area contributed by atoms with Crippen LogP contribution in [0.5, 0.6) is 0 Å². The molecule has 3 rings (SSSR count). The standard InChI is InChI=1S/C17H18N4OS/c1-12(21-9-7-18-13(21)2)14-3-5-15(6-4-14)20-16(22)11-17-19-8-10-23-17/h3-10,12H,11H2,1-2H3,(H,20,22)/t12-/m1/s1. The molecular weight excluding hydrogens is 308 g/mol. The van der Waals surface area contributed by atoms with Crippen molar-refractivity contribution in [1.29, 1.82) is 0 Å². The molecule has 0 unspecified atom stereocenters. The summed E-state index contributed by atoms with van der Waals surface area (Å²) >= 11 is 1.49. The number of hydrogen-bond acceptors (Lipinski definition) is 4. The van der Waals surface area contributed by atoms with Gasteiger partial charge in [-0.1, -0.05) is 12.1 Å². The van der Waals surface area contributed by atoms with Crippen LogP contribution in [-0.2, 0) is 11.2 Å². The van der Waals surface area contributed by atoms with E-state index in [0.29, 0.717) is 6.42 Å². The second kappa shape index (κ2) is 6.75. The molecule has 0 saturated carbocycles. The summed E-state index contributed by atoms with van der Waals surface area (Å²) in [5.41, 5.74) is 1.97. The van der Waals surface area contributed by atoms with Crippen LogP contribution in [0.15, 0.2) is 48.2 Å². The van der Waals surface area contributed by atoms with Crippen molar-refractivity contribution in [2.75, 3.05) is 5.32 Å². The number of nitrogens with zero attached hydrogens (tertiary/aromatic N) is 3. The van der Waals surface area contributed by atoms with E-state index in [-0.39, 0.29) is 11.9 Å². The van der Waals surface area contributed by atoms with E-state index in [0.717, 1.165) is 16.5 Å². The van der Waals surface area contributed by atoms with Crippen LogP contribution in [0.3, 0.4) is 0 Å². The first-order valence-corrected chi connectivity index (χ1v) is 8.29. The summed E-state index contributed by atoms with van der Waals surface area (Å²) in [4.78, 5) is 20.4. The zero-order valence-corrected chi connectivity index (χ0v) is 13.9. The lowest BCUT2D eigenvalue weighted by Crippen LogP contribution is -2.14. The van der Waals surface area contributed by atoms with Crippen molar-refractivity contribution in [2.24, 2.45) is 0 Å². The van der Waals surface area contributed by atoms with Crippen LogP contribution in [0.2, 0.25) is 0 Å². The number of benzene rings is 1. The maximum Gasteiger partial charge on any atom is 0.231 e. The predicted octanol–water partition coefficient (Wildman–Crippen LogP) is 3.44. The van der Waals surface area contributed by atoms with Gasteiger partial charge in [-0.05, 0) is 31.5 Å². The summed E-state index contributed by atoms with van der Waals surface area (Å²) < 4.78 is 2.12. The quantitative estimate of drug-likeness (QED) is 0.781. The Morgan fingerprint density at radius 2 is 2.04 bits per heavy atom. The Kier molecular flexibility index (Phi) is 4.52. The van der Waals surface area contributed by atoms with Gasteiger partial charge in [0.1, 0.15) is 10.8 Å². The maximum atomic E-state index is 12.0. The Hall–Kier alpha value is -2.47. The molecule has 6 heteroatoms. The van der Waals surface area contributed by atoms with E-state index in [1.165, 1.54) is 16.9 Å². The Balaban J connectivity index is 1.65. The number of hydrogen-bond donors (Lipinski definition) is 1. The third kappa shape index (κ3) is 3.65. The number of anilines is 1. The first-order valence-electron chi connectivity index (χ1n) is 7.41. The van der Waals surface area contributed by atoms with E-state index in [1.807, 2.05) is 42.8 Å². The van der Waals surface area contributed by atoms with Crippen LogP contribution in [0.4, 0.5) is 5.69 Å². The summed E-state index contributed by atoms with van der Waals surface area (Å²) in [6.07, 6.45) is 5.80. The minimum Gasteiger partial charge on any atom is -0.328 e. The molecule has 23 heavy (non-hydrogen) atoms. The van der Waals surface area contributed by atoms with Crippen LogP contribution in [0.25, 0.3) is 0 Å². The minimum absolute atomic E-state index is 0.0498. The molecule has 1 amide bonds. The van der Waals surface area contributed by atoms with Gasteiger partial charge in [-0.15, -0.1) is 11.3 Å². The third-order valence-corrected chi connectivity index (χ3v) is 4.53. The zero-order valence-electron chi connectivity index (χ0n) is 13.1. The van der Waals surface area contributed by atoms with Crippen LogP contribution in [0, 0.1) is 6.92 Å². The molecule has 0 radical (unpaired) electrons. The number of carbonyl (C=O) groups excluding carboxylic acids is 1. The molecule has 1 N–H and O–H groups in total. The molecule has 0 saturated heterocycles. The van der Waals surface area contributed by atoms with E-state index in [1.54, 1.807) is 12.4 Å². The number of aryl methyl sites for hydroxylation is 1. The molecule has 0 aliphatic rings.